The molecule has 8 heteroatoms. The van der Waals surface area contributed by atoms with E-state index in [0.717, 1.165) is 16.9 Å². The minimum atomic E-state index is 0.419. The molecule has 0 unspecified atom stereocenters. The van der Waals surface area contributed by atoms with Crippen LogP contribution in [0, 0.1) is 6.92 Å². The number of nitrogens with zero attached hydrogens (tertiary/aromatic N) is 3. The van der Waals surface area contributed by atoms with E-state index in [-0.39, 0.29) is 0 Å². The van der Waals surface area contributed by atoms with Crippen molar-refractivity contribution in [1.82, 2.24) is 20.5 Å². The Morgan fingerprint density at radius 1 is 1.43 bits per heavy atom. The Bertz CT molecular complexity index is 687. The molecule has 0 atom stereocenters. The highest BCUT2D eigenvalue weighted by Crippen LogP contribution is 2.21. The minimum Gasteiger partial charge on any atom is -0.383 e. The molecule has 1 aromatic heterocycles. The lowest BCUT2D eigenvalue weighted by atomic mass is 10.3. The molecule has 0 amide bonds. The molecule has 0 radical (unpaired) electrons. The smallest absolute Gasteiger partial charge is 0.187 e. The maximum atomic E-state index is 6.40. The first-order valence-corrected chi connectivity index (χ1v) is 7.78. The number of benzene rings is 1. The van der Waals surface area contributed by atoms with Gasteiger partial charge in [-0.25, -0.2) is 4.68 Å². The first-order chi connectivity index (χ1) is 11.1. The van der Waals surface area contributed by atoms with E-state index in [1.165, 1.54) is 0 Å². The number of hydrogen-bond acceptors (Lipinski definition) is 4. The summed E-state index contributed by atoms with van der Waals surface area (Å²) < 4.78 is 6.60. The third-order valence-electron chi connectivity index (χ3n) is 3.00. The van der Waals surface area contributed by atoms with Crippen molar-refractivity contribution in [2.75, 3.05) is 20.3 Å². The second kappa shape index (κ2) is 8.61. The van der Waals surface area contributed by atoms with Gasteiger partial charge in [0.25, 0.3) is 0 Å². The minimum absolute atomic E-state index is 0.419. The van der Waals surface area contributed by atoms with Crippen LogP contribution >= 0.6 is 23.8 Å². The number of hydrogen-bond donors (Lipinski definition) is 2. The van der Waals surface area contributed by atoms with Gasteiger partial charge in [0, 0.05) is 13.7 Å². The fourth-order valence-electron chi connectivity index (χ4n) is 1.86. The Labute approximate surface area is 145 Å². The van der Waals surface area contributed by atoms with Crippen LogP contribution in [0.5, 0.6) is 0 Å². The van der Waals surface area contributed by atoms with E-state index in [4.69, 9.17) is 28.6 Å². The molecular weight excluding hydrogens is 334 g/mol. The molecule has 0 saturated carbocycles. The zero-order chi connectivity index (χ0) is 16.7. The molecular formula is C15H18ClN5OS. The van der Waals surface area contributed by atoms with Gasteiger partial charge in [0.2, 0.25) is 0 Å². The van der Waals surface area contributed by atoms with Gasteiger partial charge in [0.05, 0.1) is 29.8 Å². The van der Waals surface area contributed by atoms with E-state index >= 15 is 0 Å². The van der Waals surface area contributed by atoms with Crippen molar-refractivity contribution in [3.8, 4) is 5.69 Å². The largest absolute Gasteiger partial charge is 0.383 e. The number of aromatic nitrogens is 2. The van der Waals surface area contributed by atoms with Crippen LogP contribution in [0.4, 0.5) is 0 Å². The van der Waals surface area contributed by atoms with Crippen LogP contribution in [0.15, 0.2) is 35.4 Å². The normalized spacial score (nSPS) is 10.9. The number of rotatable bonds is 6. The first kappa shape index (κ1) is 17.4. The average Bonchev–Trinajstić information content (AvgIpc) is 2.84. The van der Waals surface area contributed by atoms with Crippen LogP contribution in [-0.4, -0.2) is 41.4 Å². The summed E-state index contributed by atoms with van der Waals surface area (Å²) in [5, 5.41) is 12.4. The molecule has 122 valence electrons. The van der Waals surface area contributed by atoms with Crippen LogP contribution in [0.2, 0.25) is 5.15 Å². The van der Waals surface area contributed by atoms with E-state index in [0.29, 0.717) is 23.4 Å². The average molecular weight is 352 g/mol. The Morgan fingerprint density at radius 3 is 2.87 bits per heavy atom. The number of para-hydroxylation sites is 1. The fraction of sp³-hybridized carbons (Fsp3) is 0.267. The number of thiocarbonyl (C=S) groups is 1. The van der Waals surface area contributed by atoms with Crippen LogP contribution in [0.1, 0.15) is 11.3 Å². The Morgan fingerprint density at radius 2 is 2.17 bits per heavy atom. The van der Waals surface area contributed by atoms with Gasteiger partial charge in [-0.1, -0.05) is 29.8 Å². The lowest BCUT2D eigenvalue weighted by Gasteiger charge is -2.05. The number of hydrazone groups is 1. The van der Waals surface area contributed by atoms with Crippen molar-refractivity contribution in [2.45, 2.75) is 6.92 Å². The third kappa shape index (κ3) is 4.75. The van der Waals surface area contributed by atoms with E-state index in [1.807, 2.05) is 37.3 Å². The number of methoxy groups -OCH3 is 1. The Kier molecular flexibility index (Phi) is 6.52. The Hall–Kier alpha value is -1.96. The quantitative estimate of drug-likeness (QED) is 0.362. The summed E-state index contributed by atoms with van der Waals surface area (Å²) in [5.41, 5.74) is 5.14. The topological polar surface area (TPSA) is 63.5 Å². The van der Waals surface area contributed by atoms with E-state index in [2.05, 4.69) is 20.9 Å². The predicted octanol–water partition coefficient (Wildman–Crippen LogP) is 2.28. The summed E-state index contributed by atoms with van der Waals surface area (Å²) in [7, 11) is 1.63. The molecule has 0 saturated heterocycles. The van der Waals surface area contributed by atoms with Crippen LogP contribution in [0.25, 0.3) is 5.69 Å². The number of nitrogens with one attached hydrogen (secondary N) is 2. The standard InChI is InChI=1S/C15H18ClN5OS/c1-11-13(10-18-19-15(23)17-8-9-22-2)14(16)21(20-11)12-6-4-3-5-7-12/h3-7,10H,8-9H2,1-2H3,(H2,17,19,23)/b18-10-. The van der Waals surface area contributed by atoms with Gasteiger partial charge >= 0.3 is 0 Å². The molecule has 2 rings (SSSR count). The van der Waals surface area contributed by atoms with Gasteiger partial charge < -0.3 is 10.1 Å². The molecule has 6 nitrogen and oxygen atoms in total. The molecule has 0 fully saturated rings. The lowest BCUT2D eigenvalue weighted by Crippen LogP contribution is -2.34. The molecule has 2 aromatic rings. The molecule has 0 spiro atoms. The summed E-state index contributed by atoms with van der Waals surface area (Å²) in [5.74, 6) is 0. The zero-order valence-corrected chi connectivity index (χ0v) is 14.5. The summed E-state index contributed by atoms with van der Waals surface area (Å²) in [6.07, 6.45) is 1.61. The van der Waals surface area contributed by atoms with E-state index < -0.39 is 0 Å². The summed E-state index contributed by atoms with van der Waals surface area (Å²) >= 11 is 11.5. The molecule has 0 aliphatic heterocycles. The van der Waals surface area contributed by atoms with Crippen molar-refractivity contribution in [2.24, 2.45) is 5.10 Å². The van der Waals surface area contributed by atoms with Gasteiger partial charge in [0.1, 0.15) is 5.15 Å². The maximum absolute atomic E-state index is 6.40. The Balaban J connectivity index is 2.05. The molecule has 23 heavy (non-hydrogen) atoms. The molecule has 0 bridgehead atoms. The second-order valence-corrected chi connectivity index (χ2v) is 5.42. The van der Waals surface area contributed by atoms with Crippen molar-refractivity contribution < 1.29 is 4.74 Å². The van der Waals surface area contributed by atoms with Crippen LogP contribution in [-0.2, 0) is 4.74 Å². The predicted molar refractivity (Wildman–Crippen MR) is 96.5 cm³/mol. The van der Waals surface area contributed by atoms with Crippen LogP contribution < -0.4 is 10.7 Å². The first-order valence-electron chi connectivity index (χ1n) is 7.00. The van der Waals surface area contributed by atoms with E-state index in [1.54, 1.807) is 18.0 Å². The van der Waals surface area contributed by atoms with Gasteiger partial charge in [0.15, 0.2) is 5.11 Å². The summed E-state index contributed by atoms with van der Waals surface area (Å²) in [6, 6.07) is 9.68. The molecule has 0 aliphatic carbocycles. The van der Waals surface area contributed by atoms with Crippen molar-refractivity contribution >= 4 is 35.1 Å². The highest BCUT2D eigenvalue weighted by molar-refractivity contribution is 7.80. The monoisotopic (exact) mass is 351 g/mol. The highest BCUT2D eigenvalue weighted by Gasteiger charge is 2.12. The second-order valence-electron chi connectivity index (χ2n) is 4.66. The lowest BCUT2D eigenvalue weighted by molar-refractivity contribution is 0.204. The van der Waals surface area contributed by atoms with E-state index in [9.17, 15) is 0 Å². The fourth-order valence-corrected chi connectivity index (χ4v) is 2.34. The number of aryl methyl sites for hydroxylation is 1. The van der Waals surface area contributed by atoms with Gasteiger partial charge in [-0.05, 0) is 31.3 Å². The molecule has 1 heterocycles. The van der Waals surface area contributed by atoms with Crippen molar-refractivity contribution in [1.29, 1.82) is 0 Å². The van der Waals surface area contributed by atoms with Crippen molar-refractivity contribution in [3.05, 3.63) is 46.7 Å². The summed E-state index contributed by atoms with van der Waals surface area (Å²) in [4.78, 5) is 0. The maximum Gasteiger partial charge on any atom is 0.187 e. The van der Waals surface area contributed by atoms with Crippen LogP contribution in [0.3, 0.4) is 0 Å². The molecule has 2 N–H and O–H groups in total. The molecule has 1 aromatic carbocycles. The van der Waals surface area contributed by atoms with Crippen molar-refractivity contribution in [3.63, 3.8) is 0 Å². The number of ether oxygens (including phenoxy) is 1. The van der Waals surface area contributed by atoms with Gasteiger partial charge in [-0.3, -0.25) is 5.43 Å². The number of halogens is 1. The molecule has 0 aliphatic rings. The van der Waals surface area contributed by atoms with Gasteiger partial charge in [-0.15, -0.1) is 0 Å². The summed E-state index contributed by atoms with van der Waals surface area (Å²) in [6.45, 7) is 3.06. The zero-order valence-electron chi connectivity index (χ0n) is 12.9. The highest BCUT2D eigenvalue weighted by atomic mass is 35.5. The van der Waals surface area contributed by atoms with Gasteiger partial charge in [-0.2, -0.15) is 10.2 Å². The third-order valence-corrected chi connectivity index (χ3v) is 3.60. The SMILES string of the molecule is COCCNC(=S)N/N=C\c1c(C)nn(-c2ccccc2)c1Cl.